The van der Waals surface area contributed by atoms with Crippen molar-refractivity contribution in [2.45, 2.75) is 0 Å². The van der Waals surface area contributed by atoms with Gasteiger partial charge in [-0.25, -0.2) is 19.9 Å². The highest BCUT2D eigenvalue weighted by atomic mass is 35.5. The van der Waals surface area contributed by atoms with Gasteiger partial charge >= 0.3 is 0 Å². The summed E-state index contributed by atoms with van der Waals surface area (Å²) in [5.41, 5.74) is 0.790. The summed E-state index contributed by atoms with van der Waals surface area (Å²) in [5.74, 6) is 2.26. The van der Waals surface area contributed by atoms with E-state index in [4.69, 9.17) is 16.3 Å². The van der Waals surface area contributed by atoms with Gasteiger partial charge in [0.05, 0.1) is 12.1 Å². The quantitative estimate of drug-likeness (QED) is 0.686. The molecule has 4 rings (SSSR count). The fourth-order valence-corrected chi connectivity index (χ4v) is 2.84. The third-order valence-corrected chi connectivity index (χ3v) is 4.19. The molecule has 0 amide bonds. The Hall–Kier alpha value is -2.47. The Morgan fingerprint density at radius 2 is 2.04 bits per heavy atom. The van der Waals surface area contributed by atoms with Crippen molar-refractivity contribution in [3.63, 3.8) is 0 Å². The Morgan fingerprint density at radius 3 is 2.87 bits per heavy atom. The summed E-state index contributed by atoms with van der Waals surface area (Å²) in [7, 11) is 0. The molecule has 0 N–H and O–H groups in total. The van der Waals surface area contributed by atoms with Gasteiger partial charge in [0.15, 0.2) is 0 Å². The average molecular weight is 328 g/mol. The maximum atomic E-state index is 6.03. The first-order valence-electron chi connectivity index (χ1n) is 7.33. The number of rotatable bonds is 4. The third kappa shape index (κ3) is 2.90. The largest absolute Gasteiger partial charge is 0.493 e. The van der Waals surface area contributed by atoms with Gasteiger partial charge < -0.3 is 9.64 Å². The van der Waals surface area contributed by atoms with Crippen LogP contribution in [0, 0.1) is 5.92 Å². The van der Waals surface area contributed by atoms with Crippen LogP contribution in [0.3, 0.4) is 0 Å². The highest BCUT2D eigenvalue weighted by Crippen LogP contribution is 2.26. The number of nitrogens with zero attached hydrogens (tertiary/aromatic N) is 5. The normalized spacial score (nSPS) is 14.7. The molecule has 3 heterocycles. The van der Waals surface area contributed by atoms with Gasteiger partial charge in [0.25, 0.3) is 0 Å². The van der Waals surface area contributed by atoms with Crippen LogP contribution in [0.2, 0.25) is 5.15 Å². The lowest BCUT2D eigenvalue weighted by Gasteiger charge is -2.39. The number of hydrogen-bond acceptors (Lipinski definition) is 6. The van der Waals surface area contributed by atoms with Crippen LogP contribution >= 0.6 is 11.6 Å². The van der Waals surface area contributed by atoms with Crippen LogP contribution in [-0.4, -0.2) is 39.6 Å². The van der Waals surface area contributed by atoms with E-state index in [-0.39, 0.29) is 0 Å². The summed E-state index contributed by atoms with van der Waals surface area (Å²) in [5, 5.41) is 1.29. The van der Waals surface area contributed by atoms with Crippen molar-refractivity contribution < 1.29 is 4.74 Å². The third-order valence-electron chi connectivity index (χ3n) is 3.89. The average Bonchev–Trinajstić information content (AvgIpc) is 2.54. The van der Waals surface area contributed by atoms with Crippen molar-refractivity contribution in [1.29, 1.82) is 0 Å². The predicted octanol–water partition coefficient (Wildman–Crippen LogP) is 2.59. The zero-order chi connectivity index (χ0) is 15.6. The standard InChI is InChI=1S/C16H14ClN5O/c17-16-13-2-1-12(5-14(13)19-10-21-16)23-8-11-6-22(7-11)15-3-4-18-9-20-15/h1-5,9-11H,6-8H2. The summed E-state index contributed by atoms with van der Waals surface area (Å²) in [6, 6.07) is 7.60. The first-order chi connectivity index (χ1) is 11.3. The van der Waals surface area contributed by atoms with Gasteiger partial charge in [0, 0.05) is 36.7 Å². The topological polar surface area (TPSA) is 64.0 Å². The number of halogens is 1. The van der Waals surface area contributed by atoms with Crippen LogP contribution in [0.25, 0.3) is 10.9 Å². The number of ether oxygens (including phenoxy) is 1. The second kappa shape index (κ2) is 5.96. The molecular formula is C16H14ClN5O. The van der Waals surface area contributed by atoms with Crippen molar-refractivity contribution >= 4 is 28.3 Å². The minimum Gasteiger partial charge on any atom is -0.493 e. The molecule has 1 saturated heterocycles. The molecule has 0 spiro atoms. The summed E-state index contributed by atoms with van der Waals surface area (Å²) in [6.45, 7) is 2.56. The maximum absolute atomic E-state index is 6.03. The van der Waals surface area contributed by atoms with Gasteiger partial charge in [0.2, 0.25) is 0 Å². The van der Waals surface area contributed by atoms with Crippen LogP contribution in [0.1, 0.15) is 0 Å². The summed E-state index contributed by atoms with van der Waals surface area (Å²) in [6.07, 6.45) is 4.79. The van der Waals surface area contributed by atoms with Crippen LogP contribution in [0.5, 0.6) is 5.75 Å². The molecule has 6 nitrogen and oxygen atoms in total. The van der Waals surface area contributed by atoms with Crippen LogP contribution < -0.4 is 9.64 Å². The van der Waals surface area contributed by atoms with E-state index >= 15 is 0 Å². The summed E-state index contributed by atoms with van der Waals surface area (Å²) in [4.78, 5) is 18.6. The number of fused-ring (bicyclic) bond motifs is 1. The SMILES string of the molecule is Clc1ncnc2cc(OCC3CN(c4ccncn4)C3)ccc12. The molecule has 1 aromatic carbocycles. The van der Waals surface area contributed by atoms with Crippen molar-refractivity contribution in [2.75, 3.05) is 24.6 Å². The predicted molar refractivity (Wildman–Crippen MR) is 87.8 cm³/mol. The second-order valence-corrected chi connectivity index (χ2v) is 5.85. The molecule has 0 atom stereocenters. The molecule has 1 aliphatic rings. The first-order valence-corrected chi connectivity index (χ1v) is 7.71. The van der Waals surface area contributed by atoms with Gasteiger partial charge in [-0.2, -0.15) is 0 Å². The van der Waals surface area contributed by atoms with Crippen LogP contribution in [0.15, 0.2) is 43.1 Å². The zero-order valence-electron chi connectivity index (χ0n) is 12.3. The minimum absolute atomic E-state index is 0.459. The van der Waals surface area contributed by atoms with Gasteiger partial charge in [-0.1, -0.05) is 11.6 Å². The van der Waals surface area contributed by atoms with Crippen LogP contribution in [-0.2, 0) is 0 Å². The second-order valence-electron chi connectivity index (χ2n) is 5.49. The smallest absolute Gasteiger partial charge is 0.140 e. The highest BCUT2D eigenvalue weighted by Gasteiger charge is 2.28. The van der Waals surface area contributed by atoms with Crippen LogP contribution in [0.4, 0.5) is 5.82 Å². The van der Waals surface area contributed by atoms with E-state index < -0.39 is 0 Å². The van der Waals surface area contributed by atoms with E-state index in [1.807, 2.05) is 24.3 Å². The Bertz CT molecular complexity index is 823. The lowest BCUT2D eigenvalue weighted by atomic mass is 10.0. The molecule has 23 heavy (non-hydrogen) atoms. The Kier molecular flexibility index (Phi) is 3.67. The van der Waals surface area contributed by atoms with E-state index in [1.165, 1.54) is 6.33 Å². The molecule has 1 aliphatic heterocycles. The zero-order valence-corrected chi connectivity index (χ0v) is 13.0. The Balaban J connectivity index is 1.36. The molecule has 3 aromatic rings. The number of anilines is 1. The fraction of sp³-hybridized carbons (Fsp3) is 0.250. The van der Waals surface area contributed by atoms with E-state index in [0.29, 0.717) is 17.7 Å². The molecule has 0 radical (unpaired) electrons. The lowest BCUT2D eigenvalue weighted by Crippen LogP contribution is -2.49. The molecule has 2 aromatic heterocycles. The molecular weight excluding hydrogens is 314 g/mol. The Labute approximate surface area is 138 Å². The van der Waals surface area contributed by atoms with Gasteiger partial charge in [0.1, 0.15) is 29.4 Å². The highest BCUT2D eigenvalue weighted by molar-refractivity contribution is 6.34. The monoisotopic (exact) mass is 327 g/mol. The fourth-order valence-electron chi connectivity index (χ4n) is 2.64. The minimum atomic E-state index is 0.459. The van der Waals surface area contributed by atoms with Gasteiger partial charge in [-0.05, 0) is 18.2 Å². The molecule has 0 bridgehead atoms. The number of benzene rings is 1. The number of hydrogen-bond donors (Lipinski definition) is 0. The van der Waals surface area contributed by atoms with Gasteiger partial charge in [-0.15, -0.1) is 0 Å². The van der Waals surface area contributed by atoms with E-state index in [0.717, 1.165) is 35.6 Å². The molecule has 0 saturated carbocycles. The summed E-state index contributed by atoms with van der Waals surface area (Å²) >= 11 is 6.03. The van der Waals surface area contributed by atoms with Gasteiger partial charge in [-0.3, -0.25) is 0 Å². The number of aromatic nitrogens is 4. The molecule has 0 aliphatic carbocycles. The first kappa shape index (κ1) is 14.1. The van der Waals surface area contributed by atoms with E-state index in [1.54, 1.807) is 12.5 Å². The van der Waals surface area contributed by atoms with E-state index in [9.17, 15) is 0 Å². The molecule has 7 heteroatoms. The lowest BCUT2D eigenvalue weighted by molar-refractivity contribution is 0.220. The molecule has 1 fully saturated rings. The maximum Gasteiger partial charge on any atom is 0.140 e. The van der Waals surface area contributed by atoms with Crippen molar-refractivity contribution in [2.24, 2.45) is 5.92 Å². The molecule has 0 unspecified atom stereocenters. The van der Waals surface area contributed by atoms with Crippen molar-refractivity contribution in [3.05, 3.63) is 48.3 Å². The Morgan fingerprint density at radius 1 is 1.13 bits per heavy atom. The van der Waals surface area contributed by atoms with Crippen molar-refractivity contribution in [3.8, 4) is 5.75 Å². The summed E-state index contributed by atoms with van der Waals surface area (Å²) < 4.78 is 5.88. The van der Waals surface area contributed by atoms with E-state index in [2.05, 4.69) is 24.8 Å². The molecule has 116 valence electrons. The van der Waals surface area contributed by atoms with Crippen molar-refractivity contribution in [1.82, 2.24) is 19.9 Å².